The van der Waals surface area contributed by atoms with Gasteiger partial charge in [-0.25, -0.2) is 0 Å². The van der Waals surface area contributed by atoms with Crippen LogP contribution in [-0.4, -0.2) is 12.5 Å². The highest BCUT2D eigenvalue weighted by atomic mass is 16.1. The van der Waals surface area contributed by atoms with Gasteiger partial charge in [-0.3, -0.25) is 4.79 Å². The van der Waals surface area contributed by atoms with Crippen molar-refractivity contribution in [2.45, 2.75) is 45.6 Å². The molecule has 0 heterocycles. The Balaban J connectivity index is 1.83. The molecule has 0 unspecified atom stereocenters. The molecule has 0 aliphatic heterocycles. The molecule has 1 fully saturated rings. The van der Waals surface area contributed by atoms with Crippen LogP contribution in [0.1, 0.15) is 44.6 Å². The monoisotopic (exact) mass is 260 g/mol. The fourth-order valence-electron chi connectivity index (χ4n) is 2.79. The first-order valence-electron chi connectivity index (χ1n) is 7.32. The van der Waals surface area contributed by atoms with Gasteiger partial charge in [0.05, 0.1) is 0 Å². The summed E-state index contributed by atoms with van der Waals surface area (Å²) in [6, 6.07) is 8.00. The first-order valence-corrected chi connectivity index (χ1v) is 7.32. The zero-order chi connectivity index (χ0) is 13.5. The fourth-order valence-corrected chi connectivity index (χ4v) is 2.79. The molecule has 0 saturated heterocycles. The normalized spacial score (nSPS) is 16.3. The average Bonchev–Trinajstić information content (AvgIpc) is 2.41. The summed E-state index contributed by atoms with van der Waals surface area (Å²) in [5, 5.41) is 6.42. The van der Waals surface area contributed by atoms with Gasteiger partial charge in [-0.2, -0.15) is 0 Å². The molecular weight excluding hydrogens is 236 g/mol. The molecule has 1 aliphatic rings. The van der Waals surface area contributed by atoms with Crippen LogP contribution in [0.5, 0.6) is 0 Å². The van der Waals surface area contributed by atoms with Gasteiger partial charge in [-0.05, 0) is 36.9 Å². The maximum atomic E-state index is 11.2. The van der Waals surface area contributed by atoms with E-state index in [2.05, 4.69) is 16.7 Å². The number of anilines is 1. The SMILES string of the molecule is CC(=O)Nc1ccccc1CNCC1CCCCC1. The number of hydrogen-bond donors (Lipinski definition) is 2. The zero-order valence-electron chi connectivity index (χ0n) is 11.7. The standard InChI is InChI=1S/C16H24N2O/c1-13(19)18-16-10-6-5-9-15(16)12-17-11-14-7-3-2-4-8-14/h5-6,9-10,14,17H,2-4,7-8,11-12H2,1H3,(H,18,19). The molecule has 1 aliphatic carbocycles. The second-order valence-corrected chi connectivity index (χ2v) is 5.47. The van der Waals surface area contributed by atoms with E-state index in [1.807, 2.05) is 18.2 Å². The first kappa shape index (κ1) is 14.1. The van der Waals surface area contributed by atoms with Crippen LogP contribution in [0.2, 0.25) is 0 Å². The summed E-state index contributed by atoms with van der Waals surface area (Å²) in [5.41, 5.74) is 2.08. The Hall–Kier alpha value is -1.35. The number of rotatable bonds is 5. The van der Waals surface area contributed by atoms with Crippen LogP contribution in [0.3, 0.4) is 0 Å². The van der Waals surface area contributed by atoms with Gasteiger partial charge in [-0.1, -0.05) is 37.5 Å². The lowest BCUT2D eigenvalue weighted by Gasteiger charge is -2.22. The molecule has 19 heavy (non-hydrogen) atoms. The third-order valence-electron chi connectivity index (χ3n) is 3.80. The Bertz CT molecular complexity index is 411. The summed E-state index contributed by atoms with van der Waals surface area (Å²) in [6.07, 6.45) is 6.90. The Kier molecular flexibility index (Phi) is 5.40. The molecule has 1 aromatic rings. The van der Waals surface area contributed by atoms with E-state index in [0.717, 1.165) is 30.3 Å². The van der Waals surface area contributed by atoms with Crippen LogP contribution in [0.25, 0.3) is 0 Å². The highest BCUT2D eigenvalue weighted by molar-refractivity contribution is 5.89. The van der Waals surface area contributed by atoms with Crippen LogP contribution in [0.15, 0.2) is 24.3 Å². The summed E-state index contributed by atoms with van der Waals surface area (Å²) < 4.78 is 0. The summed E-state index contributed by atoms with van der Waals surface area (Å²) in [7, 11) is 0. The van der Waals surface area contributed by atoms with Crippen LogP contribution >= 0.6 is 0 Å². The number of nitrogens with one attached hydrogen (secondary N) is 2. The van der Waals surface area contributed by atoms with Crippen LogP contribution < -0.4 is 10.6 Å². The number of benzene rings is 1. The molecule has 3 heteroatoms. The largest absolute Gasteiger partial charge is 0.326 e. The van der Waals surface area contributed by atoms with Gasteiger partial charge in [0, 0.05) is 19.2 Å². The van der Waals surface area contributed by atoms with E-state index >= 15 is 0 Å². The Labute approximate surface area is 115 Å². The van der Waals surface area contributed by atoms with Gasteiger partial charge in [-0.15, -0.1) is 0 Å². The van der Waals surface area contributed by atoms with Crippen molar-refractivity contribution in [1.82, 2.24) is 5.32 Å². The van der Waals surface area contributed by atoms with Crippen molar-refractivity contribution in [3.05, 3.63) is 29.8 Å². The summed E-state index contributed by atoms with van der Waals surface area (Å²) >= 11 is 0. The van der Waals surface area contributed by atoms with Gasteiger partial charge in [0.15, 0.2) is 0 Å². The predicted molar refractivity (Wildman–Crippen MR) is 79.0 cm³/mol. The average molecular weight is 260 g/mol. The molecule has 0 radical (unpaired) electrons. The molecule has 104 valence electrons. The van der Waals surface area contributed by atoms with E-state index < -0.39 is 0 Å². The minimum absolute atomic E-state index is 0.0141. The van der Waals surface area contributed by atoms with E-state index in [1.54, 1.807) is 6.92 Å². The Morgan fingerprint density at radius 2 is 1.95 bits per heavy atom. The molecule has 2 rings (SSSR count). The van der Waals surface area contributed by atoms with Crippen molar-refractivity contribution in [2.24, 2.45) is 5.92 Å². The van der Waals surface area contributed by atoms with E-state index in [-0.39, 0.29) is 5.91 Å². The highest BCUT2D eigenvalue weighted by Gasteiger charge is 2.12. The van der Waals surface area contributed by atoms with E-state index in [9.17, 15) is 4.79 Å². The van der Waals surface area contributed by atoms with E-state index in [1.165, 1.54) is 32.1 Å². The minimum Gasteiger partial charge on any atom is -0.326 e. The third-order valence-corrected chi connectivity index (χ3v) is 3.80. The van der Waals surface area contributed by atoms with Crippen LogP contribution in [-0.2, 0) is 11.3 Å². The number of carbonyl (C=O) groups excluding carboxylic acids is 1. The molecule has 1 saturated carbocycles. The summed E-state index contributed by atoms with van der Waals surface area (Å²) in [4.78, 5) is 11.2. The van der Waals surface area contributed by atoms with Gasteiger partial charge >= 0.3 is 0 Å². The minimum atomic E-state index is -0.0141. The molecule has 0 bridgehead atoms. The van der Waals surface area contributed by atoms with Crippen LogP contribution in [0, 0.1) is 5.92 Å². The molecule has 0 spiro atoms. The Morgan fingerprint density at radius 3 is 2.68 bits per heavy atom. The number of para-hydroxylation sites is 1. The predicted octanol–water partition coefficient (Wildman–Crippen LogP) is 3.31. The van der Waals surface area contributed by atoms with Crippen molar-refractivity contribution < 1.29 is 4.79 Å². The van der Waals surface area contributed by atoms with Gasteiger partial charge in [0.2, 0.25) is 5.91 Å². The van der Waals surface area contributed by atoms with Crippen molar-refractivity contribution in [3.8, 4) is 0 Å². The second kappa shape index (κ2) is 7.29. The second-order valence-electron chi connectivity index (χ2n) is 5.47. The van der Waals surface area contributed by atoms with Crippen molar-refractivity contribution >= 4 is 11.6 Å². The summed E-state index contributed by atoms with van der Waals surface area (Å²) in [5.74, 6) is 0.821. The topological polar surface area (TPSA) is 41.1 Å². The smallest absolute Gasteiger partial charge is 0.221 e. The fraction of sp³-hybridized carbons (Fsp3) is 0.562. The van der Waals surface area contributed by atoms with E-state index in [4.69, 9.17) is 0 Å². The number of amides is 1. The third kappa shape index (κ3) is 4.67. The lowest BCUT2D eigenvalue weighted by molar-refractivity contribution is -0.114. The number of carbonyl (C=O) groups is 1. The lowest BCUT2D eigenvalue weighted by Crippen LogP contribution is -2.24. The maximum Gasteiger partial charge on any atom is 0.221 e. The quantitative estimate of drug-likeness (QED) is 0.852. The lowest BCUT2D eigenvalue weighted by atomic mass is 9.89. The van der Waals surface area contributed by atoms with E-state index in [0.29, 0.717) is 0 Å². The maximum absolute atomic E-state index is 11.2. The van der Waals surface area contributed by atoms with Gasteiger partial charge in [0.25, 0.3) is 0 Å². The highest BCUT2D eigenvalue weighted by Crippen LogP contribution is 2.23. The summed E-state index contributed by atoms with van der Waals surface area (Å²) in [6.45, 7) is 3.47. The molecular formula is C16H24N2O. The molecule has 1 aromatic carbocycles. The first-order chi connectivity index (χ1) is 9.25. The zero-order valence-corrected chi connectivity index (χ0v) is 11.7. The van der Waals surface area contributed by atoms with Crippen molar-refractivity contribution in [2.75, 3.05) is 11.9 Å². The van der Waals surface area contributed by atoms with Crippen molar-refractivity contribution in [3.63, 3.8) is 0 Å². The Morgan fingerprint density at radius 1 is 1.21 bits per heavy atom. The molecule has 3 nitrogen and oxygen atoms in total. The molecule has 2 N–H and O–H groups in total. The molecule has 0 atom stereocenters. The van der Waals surface area contributed by atoms with Crippen LogP contribution in [0.4, 0.5) is 5.69 Å². The van der Waals surface area contributed by atoms with Gasteiger partial charge in [0.1, 0.15) is 0 Å². The molecule has 0 aromatic heterocycles. The van der Waals surface area contributed by atoms with Crippen molar-refractivity contribution in [1.29, 1.82) is 0 Å². The molecule has 1 amide bonds. The number of hydrogen-bond acceptors (Lipinski definition) is 2. The van der Waals surface area contributed by atoms with Gasteiger partial charge < -0.3 is 10.6 Å².